The van der Waals surface area contributed by atoms with Gasteiger partial charge in [-0.3, -0.25) is 14.2 Å². The molecule has 0 aliphatic carbocycles. The fourth-order valence-corrected chi connectivity index (χ4v) is 2.67. The van der Waals surface area contributed by atoms with E-state index >= 15 is 0 Å². The quantitative estimate of drug-likeness (QED) is 0.751. The Labute approximate surface area is 113 Å². The van der Waals surface area contributed by atoms with Gasteiger partial charge in [-0.25, -0.2) is 8.42 Å². The van der Waals surface area contributed by atoms with Gasteiger partial charge in [0.05, 0.1) is 24.7 Å². The summed E-state index contributed by atoms with van der Waals surface area (Å²) in [5.74, 6) is -0.0664. The van der Waals surface area contributed by atoms with E-state index in [-0.39, 0.29) is 12.3 Å². The topological polar surface area (TPSA) is 90.3 Å². The Morgan fingerprint density at radius 3 is 2.79 bits per heavy atom. The maximum absolute atomic E-state index is 11.8. The van der Waals surface area contributed by atoms with Crippen molar-refractivity contribution in [2.75, 3.05) is 17.6 Å². The first-order valence-corrected chi connectivity index (χ1v) is 7.57. The van der Waals surface area contributed by atoms with Gasteiger partial charge in [-0.15, -0.1) is 0 Å². The Kier molecular flexibility index (Phi) is 5.34. The van der Waals surface area contributed by atoms with Crippen molar-refractivity contribution >= 4 is 21.7 Å². The lowest BCUT2D eigenvalue weighted by Gasteiger charge is -2.07. The van der Waals surface area contributed by atoms with Crippen molar-refractivity contribution in [1.29, 1.82) is 0 Å². The molecular weight excluding hydrogens is 270 g/mol. The fourth-order valence-electron chi connectivity index (χ4n) is 1.32. The minimum Gasteiger partial charge on any atom is -0.468 e. The van der Waals surface area contributed by atoms with E-state index in [1.165, 1.54) is 24.2 Å². The SMILES string of the molecule is COC(=O)Cn1cc(NS(=O)(=O)CCC(C)C)cn1. The summed E-state index contributed by atoms with van der Waals surface area (Å²) in [4.78, 5) is 11.0. The van der Waals surface area contributed by atoms with E-state index in [0.29, 0.717) is 18.0 Å². The van der Waals surface area contributed by atoms with Gasteiger partial charge < -0.3 is 4.74 Å². The molecule has 19 heavy (non-hydrogen) atoms. The molecule has 0 saturated heterocycles. The molecule has 1 N–H and O–H groups in total. The first-order chi connectivity index (χ1) is 8.82. The molecule has 0 saturated carbocycles. The molecule has 108 valence electrons. The second-order valence-corrected chi connectivity index (χ2v) is 6.45. The molecule has 0 bridgehead atoms. The first-order valence-electron chi connectivity index (χ1n) is 5.92. The van der Waals surface area contributed by atoms with Gasteiger partial charge in [0.2, 0.25) is 10.0 Å². The summed E-state index contributed by atoms with van der Waals surface area (Å²) in [5, 5.41) is 3.87. The number of nitrogens with one attached hydrogen (secondary N) is 1. The average molecular weight is 289 g/mol. The number of esters is 1. The van der Waals surface area contributed by atoms with Gasteiger partial charge in [0, 0.05) is 6.20 Å². The number of anilines is 1. The first kappa shape index (κ1) is 15.5. The number of hydrogen-bond donors (Lipinski definition) is 1. The van der Waals surface area contributed by atoms with E-state index in [2.05, 4.69) is 14.6 Å². The van der Waals surface area contributed by atoms with Gasteiger partial charge in [-0.05, 0) is 12.3 Å². The molecule has 0 aliphatic heterocycles. The summed E-state index contributed by atoms with van der Waals surface area (Å²) in [5.41, 5.74) is 0.340. The molecule has 8 heteroatoms. The van der Waals surface area contributed by atoms with Crippen LogP contribution in [0, 0.1) is 5.92 Å². The highest BCUT2D eigenvalue weighted by molar-refractivity contribution is 7.92. The van der Waals surface area contributed by atoms with Crippen molar-refractivity contribution in [3.63, 3.8) is 0 Å². The van der Waals surface area contributed by atoms with Crippen molar-refractivity contribution in [3.8, 4) is 0 Å². The van der Waals surface area contributed by atoms with Gasteiger partial charge in [0.25, 0.3) is 0 Å². The van der Waals surface area contributed by atoms with E-state index in [4.69, 9.17) is 0 Å². The predicted octanol–water partition coefficient (Wildman–Crippen LogP) is 0.844. The second-order valence-electron chi connectivity index (χ2n) is 4.61. The fraction of sp³-hybridized carbons (Fsp3) is 0.636. The molecule has 0 atom stereocenters. The van der Waals surface area contributed by atoms with Crippen LogP contribution in [0.2, 0.25) is 0 Å². The van der Waals surface area contributed by atoms with Crippen LogP contribution in [0.3, 0.4) is 0 Å². The Morgan fingerprint density at radius 1 is 1.53 bits per heavy atom. The third-order valence-electron chi connectivity index (χ3n) is 2.39. The van der Waals surface area contributed by atoms with Crippen LogP contribution in [-0.4, -0.2) is 37.0 Å². The molecule has 0 aliphatic rings. The Hall–Kier alpha value is -1.57. The number of sulfonamides is 1. The van der Waals surface area contributed by atoms with Crippen molar-refractivity contribution in [1.82, 2.24) is 9.78 Å². The highest BCUT2D eigenvalue weighted by atomic mass is 32.2. The minimum absolute atomic E-state index is 0.0514. The molecular formula is C11H19N3O4S. The lowest BCUT2D eigenvalue weighted by atomic mass is 10.2. The van der Waals surface area contributed by atoms with Gasteiger partial charge >= 0.3 is 5.97 Å². The number of methoxy groups -OCH3 is 1. The van der Waals surface area contributed by atoms with Crippen molar-refractivity contribution in [2.45, 2.75) is 26.8 Å². The van der Waals surface area contributed by atoms with Crippen LogP contribution >= 0.6 is 0 Å². The van der Waals surface area contributed by atoms with E-state index in [1.54, 1.807) is 0 Å². The summed E-state index contributed by atoms with van der Waals surface area (Å²) in [7, 11) is -2.09. The standard InChI is InChI=1S/C11H19N3O4S/c1-9(2)4-5-19(16,17)13-10-6-12-14(7-10)8-11(15)18-3/h6-7,9,13H,4-5,8H2,1-3H3. The minimum atomic E-state index is -3.37. The van der Waals surface area contributed by atoms with Gasteiger partial charge in [-0.1, -0.05) is 13.8 Å². The van der Waals surface area contributed by atoms with Crippen molar-refractivity contribution < 1.29 is 17.9 Å². The monoisotopic (exact) mass is 289 g/mol. The Morgan fingerprint density at radius 2 is 2.21 bits per heavy atom. The average Bonchev–Trinajstić information content (AvgIpc) is 2.73. The van der Waals surface area contributed by atoms with Crippen LogP contribution in [0.4, 0.5) is 5.69 Å². The summed E-state index contributed by atoms with van der Waals surface area (Å²) in [6, 6.07) is 0. The molecule has 0 amide bonds. The van der Waals surface area contributed by atoms with E-state index < -0.39 is 16.0 Å². The smallest absolute Gasteiger partial charge is 0.327 e. The third kappa shape index (κ3) is 5.73. The second kappa shape index (κ2) is 6.55. The van der Waals surface area contributed by atoms with Crippen LogP contribution in [0.25, 0.3) is 0 Å². The predicted molar refractivity (Wildman–Crippen MR) is 71.1 cm³/mol. The molecule has 1 rings (SSSR count). The van der Waals surface area contributed by atoms with E-state index in [1.807, 2.05) is 13.8 Å². The number of rotatable bonds is 7. The normalized spacial score (nSPS) is 11.6. The summed E-state index contributed by atoms with van der Waals surface area (Å²) >= 11 is 0. The highest BCUT2D eigenvalue weighted by Crippen LogP contribution is 2.10. The zero-order chi connectivity index (χ0) is 14.5. The molecule has 0 unspecified atom stereocenters. The Balaban J connectivity index is 2.60. The van der Waals surface area contributed by atoms with Crippen LogP contribution < -0.4 is 4.72 Å². The number of nitrogens with zero attached hydrogens (tertiary/aromatic N) is 2. The zero-order valence-corrected chi connectivity index (χ0v) is 12.1. The molecule has 0 fully saturated rings. The van der Waals surface area contributed by atoms with Gasteiger partial charge in [-0.2, -0.15) is 5.10 Å². The largest absolute Gasteiger partial charge is 0.468 e. The number of carbonyl (C=O) groups excluding carboxylic acids is 1. The van der Waals surface area contributed by atoms with Gasteiger partial charge in [0.1, 0.15) is 6.54 Å². The molecule has 1 aromatic rings. The number of carbonyl (C=O) groups is 1. The number of aromatic nitrogens is 2. The van der Waals surface area contributed by atoms with Crippen LogP contribution in [-0.2, 0) is 26.1 Å². The molecule has 1 heterocycles. The number of ether oxygens (including phenoxy) is 1. The summed E-state index contributed by atoms with van der Waals surface area (Å²) in [6.45, 7) is 3.87. The zero-order valence-electron chi connectivity index (χ0n) is 11.3. The lowest BCUT2D eigenvalue weighted by Crippen LogP contribution is -2.17. The molecule has 0 radical (unpaired) electrons. The molecule has 1 aromatic heterocycles. The van der Waals surface area contributed by atoms with Crippen molar-refractivity contribution in [3.05, 3.63) is 12.4 Å². The van der Waals surface area contributed by atoms with E-state index in [0.717, 1.165) is 0 Å². The Bertz CT molecular complexity index is 522. The van der Waals surface area contributed by atoms with Crippen LogP contribution in [0.1, 0.15) is 20.3 Å². The highest BCUT2D eigenvalue weighted by Gasteiger charge is 2.13. The molecule has 7 nitrogen and oxygen atoms in total. The van der Waals surface area contributed by atoms with Crippen LogP contribution in [0.15, 0.2) is 12.4 Å². The third-order valence-corrected chi connectivity index (χ3v) is 3.71. The maximum Gasteiger partial charge on any atom is 0.327 e. The lowest BCUT2D eigenvalue weighted by molar-refractivity contribution is -0.141. The van der Waals surface area contributed by atoms with E-state index in [9.17, 15) is 13.2 Å². The molecule has 0 aromatic carbocycles. The molecule has 0 spiro atoms. The van der Waals surface area contributed by atoms with Crippen molar-refractivity contribution in [2.24, 2.45) is 5.92 Å². The van der Waals surface area contributed by atoms with Gasteiger partial charge in [0.15, 0.2) is 0 Å². The van der Waals surface area contributed by atoms with Crippen LogP contribution in [0.5, 0.6) is 0 Å². The summed E-state index contributed by atoms with van der Waals surface area (Å²) < 4.78 is 31.7. The summed E-state index contributed by atoms with van der Waals surface area (Å²) in [6.07, 6.45) is 3.39. The maximum atomic E-state index is 11.8. The number of hydrogen-bond acceptors (Lipinski definition) is 5.